The highest BCUT2D eigenvalue weighted by Gasteiger charge is 2.32. The largest absolute Gasteiger partial charge is 0.243 e. The van der Waals surface area contributed by atoms with Gasteiger partial charge in [-0.1, -0.05) is 26.0 Å². The molecule has 0 bridgehead atoms. The molecule has 5 rings (SSSR count). The normalized spacial score (nSPS) is 21.2. The second kappa shape index (κ2) is 8.48. The second-order valence-electron chi connectivity index (χ2n) is 9.99. The molecule has 0 unspecified atom stereocenters. The van der Waals surface area contributed by atoms with Gasteiger partial charge in [-0.2, -0.15) is 8.61 Å². The molecule has 0 saturated carbocycles. The van der Waals surface area contributed by atoms with E-state index in [1.165, 1.54) is 0 Å². The van der Waals surface area contributed by atoms with E-state index in [-0.39, 0.29) is 0 Å². The van der Waals surface area contributed by atoms with Crippen molar-refractivity contribution in [1.82, 2.24) is 8.61 Å². The maximum absolute atomic E-state index is 13.2. The average Bonchev–Trinajstić information content (AvgIpc) is 3.17. The first kappa shape index (κ1) is 23.0. The third-order valence-corrected chi connectivity index (χ3v) is 11.4. The minimum absolute atomic E-state index is 0.332. The minimum Gasteiger partial charge on any atom is -0.207 e. The molecular weight excluding hydrogens is 456 g/mol. The Balaban J connectivity index is 1.40. The van der Waals surface area contributed by atoms with Gasteiger partial charge in [-0.25, -0.2) is 16.8 Å². The summed E-state index contributed by atoms with van der Waals surface area (Å²) in [5.74, 6) is 1.12. The number of nitrogens with zero attached hydrogens (tertiary/aromatic N) is 2. The van der Waals surface area contributed by atoms with Gasteiger partial charge in [0.1, 0.15) is 0 Å². The Morgan fingerprint density at radius 2 is 1.00 bits per heavy atom. The highest BCUT2D eigenvalue weighted by Crippen LogP contribution is 2.40. The van der Waals surface area contributed by atoms with Crippen LogP contribution >= 0.6 is 0 Å². The number of hydrogen-bond acceptors (Lipinski definition) is 4. The Labute approximate surface area is 197 Å². The van der Waals surface area contributed by atoms with Gasteiger partial charge >= 0.3 is 0 Å². The molecule has 0 N–H and O–H groups in total. The molecular formula is C25H32N2O4S2. The van der Waals surface area contributed by atoms with Crippen molar-refractivity contribution in [2.45, 2.75) is 55.7 Å². The average molecular weight is 489 g/mol. The number of piperidine rings is 2. The molecule has 0 spiro atoms. The quantitative estimate of drug-likeness (QED) is 0.554. The fourth-order valence-corrected chi connectivity index (χ4v) is 8.27. The van der Waals surface area contributed by atoms with Crippen LogP contribution in [0.15, 0.2) is 46.2 Å². The monoisotopic (exact) mass is 488 g/mol. The Bertz CT molecular complexity index is 1170. The maximum atomic E-state index is 13.2. The fraction of sp³-hybridized carbons (Fsp3) is 0.520. The van der Waals surface area contributed by atoms with Gasteiger partial charge in [-0.15, -0.1) is 0 Å². The molecule has 0 amide bonds. The molecule has 2 aromatic carbocycles. The van der Waals surface area contributed by atoms with Crippen molar-refractivity contribution in [2.75, 3.05) is 26.2 Å². The van der Waals surface area contributed by atoms with Crippen LogP contribution in [0.2, 0.25) is 0 Å². The zero-order valence-electron chi connectivity index (χ0n) is 19.3. The maximum Gasteiger partial charge on any atom is 0.243 e. The lowest BCUT2D eigenvalue weighted by atomic mass is 10.0. The summed E-state index contributed by atoms with van der Waals surface area (Å²) < 4.78 is 56.0. The van der Waals surface area contributed by atoms with E-state index in [1.807, 2.05) is 12.1 Å². The third kappa shape index (κ3) is 4.16. The zero-order valence-corrected chi connectivity index (χ0v) is 21.0. The Morgan fingerprint density at radius 1 is 0.636 bits per heavy atom. The van der Waals surface area contributed by atoms with Crippen LogP contribution in [-0.4, -0.2) is 51.6 Å². The summed E-state index contributed by atoms with van der Waals surface area (Å²) in [5.41, 5.74) is 3.87. The Hall–Kier alpha value is -1.74. The van der Waals surface area contributed by atoms with Crippen LogP contribution in [0.4, 0.5) is 0 Å². The molecule has 8 heteroatoms. The van der Waals surface area contributed by atoms with Gasteiger partial charge in [0.25, 0.3) is 0 Å². The van der Waals surface area contributed by atoms with E-state index in [0.29, 0.717) is 54.2 Å². The smallest absolute Gasteiger partial charge is 0.207 e. The first-order valence-electron chi connectivity index (χ1n) is 11.9. The van der Waals surface area contributed by atoms with E-state index < -0.39 is 20.0 Å². The number of benzene rings is 2. The van der Waals surface area contributed by atoms with E-state index in [1.54, 1.807) is 32.9 Å². The van der Waals surface area contributed by atoms with Crippen LogP contribution < -0.4 is 0 Å². The molecule has 2 aliphatic heterocycles. The summed E-state index contributed by atoms with van der Waals surface area (Å²) in [7, 11) is -7.03. The summed E-state index contributed by atoms with van der Waals surface area (Å²) in [6.07, 6.45) is 4.11. The van der Waals surface area contributed by atoms with Crippen molar-refractivity contribution in [3.8, 4) is 11.1 Å². The molecule has 0 radical (unpaired) electrons. The molecule has 1 aliphatic carbocycles. The van der Waals surface area contributed by atoms with Crippen LogP contribution in [-0.2, 0) is 26.5 Å². The zero-order chi connectivity index (χ0) is 23.4. The van der Waals surface area contributed by atoms with Gasteiger partial charge < -0.3 is 0 Å². The van der Waals surface area contributed by atoms with Crippen molar-refractivity contribution in [3.05, 3.63) is 47.5 Å². The second-order valence-corrected chi connectivity index (χ2v) is 13.9. The van der Waals surface area contributed by atoms with Gasteiger partial charge in [0.05, 0.1) is 9.79 Å². The van der Waals surface area contributed by atoms with Crippen molar-refractivity contribution < 1.29 is 16.8 Å². The Kier molecular flexibility index (Phi) is 5.92. The van der Waals surface area contributed by atoms with E-state index in [9.17, 15) is 16.8 Å². The standard InChI is InChI=1S/C25H32N2O4S2/c1-18-7-11-26(12-8-18)32(28,29)22-3-5-24-20(16-22)15-21-17-23(4-6-25(21)24)33(30,31)27-13-9-19(2)10-14-27/h3-6,16-19H,7-15H2,1-2H3. The number of sulfonamides is 2. The summed E-state index contributed by atoms with van der Waals surface area (Å²) in [6.45, 7) is 6.59. The highest BCUT2D eigenvalue weighted by atomic mass is 32.2. The van der Waals surface area contributed by atoms with Gasteiger partial charge in [-0.3, -0.25) is 0 Å². The lowest BCUT2D eigenvalue weighted by Crippen LogP contribution is -2.37. The number of fused-ring (bicyclic) bond motifs is 3. The lowest BCUT2D eigenvalue weighted by Gasteiger charge is -2.29. The van der Waals surface area contributed by atoms with Crippen LogP contribution in [0.1, 0.15) is 50.7 Å². The van der Waals surface area contributed by atoms with Crippen LogP contribution in [0, 0.1) is 11.8 Å². The number of hydrogen-bond donors (Lipinski definition) is 0. The number of rotatable bonds is 4. The lowest BCUT2D eigenvalue weighted by molar-refractivity contribution is 0.287. The van der Waals surface area contributed by atoms with Gasteiger partial charge in [0.15, 0.2) is 0 Å². The molecule has 2 fully saturated rings. The molecule has 2 heterocycles. The summed E-state index contributed by atoms with van der Waals surface area (Å²) >= 11 is 0. The topological polar surface area (TPSA) is 74.8 Å². The highest BCUT2D eigenvalue weighted by molar-refractivity contribution is 7.89. The van der Waals surface area contributed by atoms with E-state index in [2.05, 4.69) is 13.8 Å². The molecule has 178 valence electrons. The van der Waals surface area contributed by atoms with Crippen molar-refractivity contribution in [3.63, 3.8) is 0 Å². The van der Waals surface area contributed by atoms with Crippen molar-refractivity contribution >= 4 is 20.0 Å². The van der Waals surface area contributed by atoms with Crippen LogP contribution in [0.5, 0.6) is 0 Å². The van der Waals surface area contributed by atoms with Crippen LogP contribution in [0.3, 0.4) is 0 Å². The fourth-order valence-electron chi connectivity index (χ4n) is 5.23. The molecule has 3 aliphatic rings. The van der Waals surface area contributed by atoms with Gasteiger partial charge in [-0.05, 0) is 90.5 Å². The molecule has 2 aromatic rings. The Morgan fingerprint density at radius 3 is 1.36 bits per heavy atom. The SMILES string of the molecule is CC1CCN(S(=O)(=O)c2ccc3c(c2)Cc2cc(S(=O)(=O)N4CCC(C)CC4)ccc2-3)CC1. The summed E-state index contributed by atoms with van der Waals surface area (Å²) in [4.78, 5) is 0.665. The van der Waals surface area contributed by atoms with E-state index in [4.69, 9.17) is 0 Å². The van der Waals surface area contributed by atoms with E-state index >= 15 is 0 Å². The minimum atomic E-state index is -3.51. The predicted molar refractivity (Wildman–Crippen MR) is 129 cm³/mol. The third-order valence-electron chi connectivity index (χ3n) is 7.59. The van der Waals surface area contributed by atoms with Crippen molar-refractivity contribution in [2.24, 2.45) is 11.8 Å². The van der Waals surface area contributed by atoms with Gasteiger partial charge in [0.2, 0.25) is 20.0 Å². The predicted octanol–water partition coefficient (Wildman–Crippen LogP) is 4.10. The van der Waals surface area contributed by atoms with Crippen LogP contribution in [0.25, 0.3) is 11.1 Å². The molecule has 0 atom stereocenters. The van der Waals surface area contributed by atoms with Crippen molar-refractivity contribution in [1.29, 1.82) is 0 Å². The molecule has 2 saturated heterocycles. The van der Waals surface area contributed by atoms with Gasteiger partial charge in [0, 0.05) is 26.2 Å². The molecule has 0 aromatic heterocycles. The molecule has 33 heavy (non-hydrogen) atoms. The summed E-state index contributed by atoms with van der Waals surface area (Å²) in [5, 5.41) is 0. The molecule has 6 nitrogen and oxygen atoms in total. The first-order valence-corrected chi connectivity index (χ1v) is 14.8. The van der Waals surface area contributed by atoms with E-state index in [0.717, 1.165) is 47.9 Å². The first-order chi connectivity index (χ1) is 15.7. The summed E-state index contributed by atoms with van der Waals surface area (Å²) in [6, 6.07) is 10.7.